The normalized spacial score (nSPS) is 15.4. The lowest BCUT2D eigenvalue weighted by molar-refractivity contribution is -0.687. The van der Waals surface area contributed by atoms with Crippen molar-refractivity contribution < 1.29 is 4.57 Å². The first-order valence-electron chi connectivity index (χ1n) is 3.79. The minimum absolute atomic E-state index is 1.10. The van der Waals surface area contributed by atoms with E-state index in [0.29, 0.717) is 0 Å². The van der Waals surface area contributed by atoms with E-state index in [1.165, 1.54) is 12.2 Å². The van der Waals surface area contributed by atoms with Gasteiger partial charge in [-0.25, -0.2) is 4.57 Å². The van der Waals surface area contributed by atoms with Crippen molar-refractivity contribution >= 4 is 21.7 Å². The van der Waals surface area contributed by atoms with Gasteiger partial charge in [0.1, 0.15) is 6.20 Å². The second-order valence-electron chi connectivity index (χ2n) is 2.71. The maximum Gasteiger partial charge on any atom is 0.274 e. The predicted molar refractivity (Wildman–Crippen MR) is 47.4 cm³/mol. The first-order chi connectivity index (χ1) is 5.36. The summed E-state index contributed by atoms with van der Waals surface area (Å²) in [5.74, 6) is 1.22. The molecule has 0 saturated heterocycles. The topological polar surface area (TPSA) is 15.9 Å². The van der Waals surface area contributed by atoms with E-state index in [0.717, 1.165) is 17.6 Å². The van der Waals surface area contributed by atoms with Crippen molar-refractivity contribution in [3.63, 3.8) is 0 Å². The molecule has 1 aromatic rings. The minimum Gasteiger partial charge on any atom is -0.274 e. The van der Waals surface area contributed by atoms with E-state index in [9.17, 15) is 0 Å². The number of rotatable bonds is 0. The first kappa shape index (κ1) is 7.10. The molecular weight excluding hydrogens is 204 g/mol. The van der Waals surface area contributed by atoms with Crippen LogP contribution in [0.1, 0.15) is 6.42 Å². The number of fused-ring (bicyclic) bond motifs is 1. The van der Waals surface area contributed by atoms with Crippen molar-refractivity contribution in [3.05, 3.63) is 22.8 Å². The third kappa shape index (κ3) is 1.38. The second-order valence-corrected chi connectivity index (χ2v) is 3.62. The van der Waals surface area contributed by atoms with Crippen molar-refractivity contribution in [2.24, 2.45) is 0 Å². The fraction of sp³-hybridized carbons (Fsp3) is 0.375. The van der Waals surface area contributed by atoms with Gasteiger partial charge in [0.15, 0.2) is 0 Å². The van der Waals surface area contributed by atoms with Gasteiger partial charge in [0.2, 0.25) is 0 Å². The van der Waals surface area contributed by atoms with Crippen molar-refractivity contribution in [1.82, 2.24) is 0 Å². The average molecular weight is 214 g/mol. The Hall–Kier alpha value is -0.570. The molecule has 0 spiro atoms. The van der Waals surface area contributed by atoms with Crippen molar-refractivity contribution in [2.75, 3.05) is 11.9 Å². The Balaban J connectivity index is 2.43. The summed E-state index contributed by atoms with van der Waals surface area (Å²) in [5, 5.41) is 3.33. The number of nitrogens with zero attached hydrogens (tertiary/aromatic N) is 1. The van der Waals surface area contributed by atoms with Crippen LogP contribution in [0.5, 0.6) is 0 Å². The van der Waals surface area contributed by atoms with E-state index in [1.807, 2.05) is 0 Å². The van der Waals surface area contributed by atoms with Gasteiger partial charge < -0.3 is 0 Å². The van der Waals surface area contributed by atoms with Crippen LogP contribution in [0.2, 0.25) is 0 Å². The highest BCUT2D eigenvalue weighted by Gasteiger charge is 2.13. The maximum atomic E-state index is 3.44. The Kier molecular flexibility index (Phi) is 1.82. The number of nitrogens with one attached hydrogen (secondary N) is 1. The summed E-state index contributed by atoms with van der Waals surface area (Å²) >= 11 is 3.44. The third-order valence-corrected chi connectivity index (χ3v) is 2.34. The quantitative estimate of drug-likeness (QED) is 0.648. The molecule has 1 N–H and O–H groups in total. The van der Waals surface area contributed by atoms with Crippen molar-refractivity contribution in [2.45, 2.75) is 13.0 Å². The average Bonchev–Trinajstić information content (AvgIpc) is 2.04. The summed E-state index contributed by atoms with van der Waals surface area (Å²) in [6.07, 6.45) is 3.33. The molecule has 1 aliphatic heterocycles. The molecule has 0 saturated carbocycles. The van der Waals surface area contributed by atoms with Gasteiger partial charge in [-0.3, -0.25) is 5.32 Å². The van der Waals surface area contributed by atoms with Gasteiger partial charge in [-0.05, 0) is 22.0 Å². The second kappa shape index (κ2) is 2.81. The van der Waals surface area contributed by atoms with Crippen LogP contribution in [0, 0.1) is 0 Å². The van der Waals surface area contributed by atoms with Crippen LogP contribution in [-0.2, 0) is 6.54 Å². The zero-order valence-corrected chi connectivity index (χ0v) is 7.76. The standard InChI is InChI=1S/C8H9BrN2/c9-7-2-3-8-10-4-1-5-11(8)6-7/h2-3,6H,1,4-5H2/p+1. The van der Waals surface area contributed by atoms with Crippen LogP contribution in [0.25, 0.3) is 0 Å². The largest absolute Gasteiger partial charge is 0.274 e. The van der Waals surface area contributed by atoms with Gasteiger partial charge in [0.25, 0.3) is 5.82 Å². The summed E-state index contributed by atoms with van der Waals surface area (Å²) in [5.41, 5.74) is 0. The molecule has 58 valence electrons. The lowest BCUT2D eigenvalue weighted by Gasteiger charge is -2.11. The highest BCUT2D eigenvalue weighted by molar-refractivity contribution is 9.10. The molecule has 0 unspecified atom stereocenters. The summed E-state index contributed by atoms with van der Waals surface area (Å²) < 4.78 is 3.37. The zero-order chi connectivity index (χ0) is 7.68. The van der Waals surface area contributed by atoms with Crippen molar-refractivity contribution in [1.29, 1.82) is 0 Å². The molecule has 0 radical (unpaired) electrons. The van der Waals surface area contributed by atoms with Gasteiger partial charge in [-0.1, -0.05) is 0 Å². The molecule has 0 amide bonds. The molecular formula is C8H10BrN2+. The maximum absolute atomic E-state index is 3.44. The van der Waals surface area contributed by atoms with Gasteiger partial charge >= 0.3 is 0 Å². The Morgan fingerprint density at radius 1 is 1.45 bits per heavy atom. The molecule has 0 fully saturated rings. The number of anilines is 1. The summed E-state index contributed by atoms with van der Waals surface area (Å²) in [6.45, 7) is 2.23. The molecule has 0 bridgehead atoms. The molecule has 0 atom stereocenters. The van der Waals surface area contributed by atoms with Crippen LogP contribution in [0.15, 0.2) is 22.8 Å². The van der Waals surface area contributed by atoms with Crippen LogP contribution in [0.4, 0.5) is 5.82 Å². The summed E-state index contributed by atoms with van der Waals surface area (Å²) in [7, 11) is 0. The lowest BCUT2D eigenvalue weighted by atomic mass is 10.3. The van der Waals surface area contributed by atoms with Crippen molar-refractivity contribution in [3.8, 4) is 0 Å². The Labute approximate surface area is 74.4 Å². The van der Waals surface area contributed by atoms with Crippen LogP contribution in [-0.4, -0.2) is 6.54 Å². The van der Waals surface area contributed by atoms with E-state index >= 15 is 0 Å². The van der Waals surface area contributed by atoms with E-state index in [-0.39, 0.29) is 0 Å². The fourth-order valence-electron chi connectivity index (χ4n) is 1.33. The van der Waals surface area contributed by atoms with E-state index < -0.39 is 0 Å². The monoisotopic (exact) mass is 213 g/mol. The number of hydrogen-bond donors (Lipinski definition) is 1. The number of halogens is 1. The van der Waals surface area contributed by atoms with Crippen LogP contribution in [0.3, 0.4) is 0 Å². The summed E-state index contributed by atoms with van der Waals surface area (Å²) in [4.78, 5) is 0. The molecule has 1 aromatic heterocycles. The van der Waals surface area contributed by atoms with Crippen LogP contribution < -0.4 is 9.88 Å². The van der Waals surface area contributed by atoms with Gasteiger partial charge in [-0.15, -0.1) is 0 Å². The van der Waals surface area contributed by atoms with Gasteiger partial charge in [0.05, 0.1) is 17.6 Å². The SMILES string of the molecule is Brc1ccc2[n+](c1)CCCN2. The van der Waals surface area contributed by atoms with E-state index in [4.69, 9.17) is 0 Å². The fourth-order valence-corrected chi connectivity index (χ4v) is 1.71. The smallest absolute Gasteiger partial charge is 0.274 e. The third-order valence-electron chi connectivity index (χ3n) is 1.87. The molecule has 11 heavy (non-hydrogen) atoms. The van der Waals surface area contributed by atoms with E-state index in [2.05, 4.69) is 44.1 Å². The molecule has 2 rings (SSSR count). The molecule has 3 heteroatoms. The summed E-state index contributed by atoms with van der Waals surface area (Å²) in [6, 6.07) is 4.16. The predicted octanol–water partition coefficient (Wildman–Crippen LogP) is 1.55. The lowest BCUT2D eigenvalue weighted by Crippen LogP contribution is -2.41. The number of aryl methyl sites for hydroxylation is 1. The molecule has 0 aromatic carbocycles. The highest BCUT2D eigenvalue weighted by atomic mass is 79.9. The Morgan fingerprint density at radius 3 is 3.27 bits per heavy atom. The number of aromatic nitrogens is 1. The molecule has 2 heterocycles. The van der Waals surface area contributed by atoms with Gasteiger partial charge in [0, 0.05) is 12.5 Å². The molecule has 0 aliphatic carbocycles. The zero-order valence-electron chi connectivity index (χ0n) is 6.18. The number of pyridine rings is 1. The van der Waals surface area contributed by atoms with E-state index in [1.54, 1.807) is 0 Å². The molecule has 1 aliphatic rings. The number of hydrogen-bond acceptors (Lipinski definition) is 1. The minimum atomic E-state index is 1.10. The van der Waals surface area contributed by atoms with Crippen LogP contribution >= 0.6 is 15.9 Å². The first-order valence-corrected chi connectivity index (χ1v) is 4.58. The Bertz CT molecular complexity index is 273. The Morgan fingerprint density at radius 2 is 2.36 bits per heavy atom. The molecule has 2 nitrogen and oxygen atoms in total. The van der Waals surface area contributed by atoms with Gasteiger partial charge in [-0.2, -0.15) is 0 Å². The highest BCUT2D eigenvalue weighted by Crippen LogP contribution is 2.11.